The molecule has 1 fully saturated rings. The second-order valence-corrected chi connectivity index (χ2v) is 9.32. The number of rotatable bonds is 10. The maximum absolute atomic E-state index is 13.6. The van der Waals surface area contributed by atoms with E-state index in [9.17, 15) is 4.79 Å². The Morgan fingerprint density at radius 3 is 2.56 bits per heavy atom. The van der Waals surface area contributed by atoms with E-state index in [0.29, 0.717) is 25.3 Å². The Labute approximate surface area is 214 Å². The summed E-state index contributed by atoms with van der Waals surface area (Å²) < 4.78 is 13.0. The van der Waals surface area contributed by atoms with E-state index in [1.165, 1.54) is 11.3 Å². The van der Waals surface area contributed by atoms with Crippen LogP contribution in [0.1, 0.15) is 27.2 Å². The van der Waals surface area contributed by atoms with E-state index in [4.69, 9.17) is 9.47 Å². The van der Waals surface area contributed by atoms with Gasteiger partial charge in [-0.25, -0.2) is 0 Å². The van der Waals surface area contributed by atoms with Crippen LogP contribution in [0.15, 0.2) is 49.1 Å². The van der Waals surface area contributed by atoms with Gasteiger partial charge >= 0.3 is 0 Å². The summed E-state index contributed by atoms with van der Waals surface area (Å²) in [6.07, 6.45) is 1.91. The number of aryl methyl sites for hydroxylation is 1. The lowest BCUT2D eigenvalue weighted by molar-refractivity contribution is 0.0594. The van der Waals surface area contributed by atoms with Crippen LogP contribution in [-0.2, 0) is 17.8 Å². The Balaban J connectivity index is 1.67. The van der Waals surface area contributed by atoms with Crippen LogP contribution in [0.4, 0.5) is 5.69 Å². The van der Waals surface area contributed by atoms with Gasteiger partial charge in [-0.05, 0) is 37.6 Å². The fourth-order valence-corrected chi connectivity index (χ4v) is 5.01. The molecule has 0 radical (unpaired) electrons. The van der Waals surface area contributed by atoms with Crippen molar-refractivity contribution in [3.8, 4) is 5.75 Å². The van der Waals surface area contributed by atoms with Gasteiger partial charge < -0.3 is 24.3 Å². The van der Waals surface area contributed by atoms with Gasteiger partial charge in [0.2, 0.25) is 0 Å². The molecule has 0 aliphatic carbocycles. The number of anilines is 1. The Morgan fingerprint density at radius 2 is 1.86 bits per heavy atom. The molecule has 0 atom stereocenters. The summed E-state index contributed by atoms with van der Waals surface area (Å²) in [5.41, 5.74) is 6.19. The zero-order chi connectivity index (χ0) is 25.7. The van der Waals surface area contributed by atoms with Crippen molar-refractivity contribution in [2.24, 2.45) is 0 Å². The molecule has 36 heavy (non-hydrogen) atoms. The number of nitrogens with zero attached hydrogens (tertiary/aromatic N) is 3. The lowest BCUT2D eigenvalue weighted by atomic mass is 10.1. The second kappa shape index (κ2) is 11.6. The van der Waals surface area contributed by atoms with Crippen molar-refractivity contribution >= 4 is 22.5 Å². The van der Waals surface area contributed by atoms with E-state index < -0.39 is 0 Å². The monoisotopic (exact) mass is 490 g/mol. The van der Waals surface area contributed by atoms with Gasteiger partial charge in [-0.2, -0.15) is 0 Å². The number of hydrogen-bond acceptors (Lipinski definition) is 5. The summed E-state index contributed by atoms with van der Waals surface area (Å²) in [5.74, 6) is 0.922. The topological polar surface area (TPSA) is 59.0 Å². The molecular weight excluding hydrogens is 452 g/mol. The predicted octanol–water partition coefficient (Wildman–Crippen LogP) is 4.47. The Hall–Kier alpha value is -3.29. The first-order valence-corrected chi connectivity index (χ1v) is 12.6. The molecule has 4 rings (SSSR count). The number of carbonyl (C=O) groups is 1. The smallest absolute Gasteiger partial charge is 0.254 e. The predicted molar refractivity (Wildman–Crippen MR) is 146 cm³/mol. The summed E-state index contributed by atoms with van der Waals surface area (Å²) in [5, 5.41) is 4.72. The molecule has 1 saturated heterocycles. The maximum Gasteiger partial charge on any atom is 0.254 e. The third kappa shape index (κ3) is 5.27. The van der Waals surface area contributed by atoms with Gasteiger partial charge in [0.15, 0.2) is 0 Å². The highest BCUT2D eigenvalue weighted by molar-refractivity contribution is 6.04. The minimum absolute atomic E-state index is 0.0807. The van der Waals surface area contributed by atoms with E-state index >= 15 is 0 Å². The molecule has 1 N–H and O–H groups in total. The summed E-state index contributed by atoms with van der Waals surface area (Å²) in [7, 11) is 3.41. The van der Waals surface area contributed by atoms with Crippen molar-refractivity contribution in [1.82, 2.24) is 14.4 Å². The van der Waals surface area contributed by atoms with Crippen LogP contribution >= 0.6 is 0 Å². The molecule has 7 nitrogen and oxygen atoms in total. The fourth-order valence-electron chi connectivity index (χ4n) is 5.01. The number of benzene rings is 2. The van der Waals surface area contributed by atoms with Gasteiger partial charge in [0, 0.05) is 75.1 Å². The lowest BCUT2D eigenvalue weighted by Crippen LogP contribution is -2.49. The molecule has 0 unspecified atom stereocenters. The average Bonchev–Trinajstić information content (AvgIpc) is 3.15. The molecule has 0 spiro atoms. The van der Waals surface area contributed by atoms with Crippen molar-refractivity contribution in [1.29, 1.82) is 0 Å². The number of aromatic nitrogens is 1. The van der Waals surface area contributed by atoms with E-state index in [2.05, 4.69) is 47.3 Å². The number of piperazine rings is 1. The van der Waals surface area contributed by atoms with Gasteiger partial charge in [0.25, 0.3) is 5.91 Å². The molecule has 1 aliphatic heterocycles. The van der Waals surface area contributed by atoms with Crippen molar-refractivity contribution < 1.29 is 14.3 Å². The molecule has 1 aromatic heterocycles. The first-order valence-electron chi connectivity index (χ1n) is 12.6. The average molecular weight is 491 g/mol. The SMILES string of the molecule is C=CCn1c(C)c(C)c2cc(C(=O)N3CCN(CCOC)CC3)cc(NCc3ccccc3OC)c21. The number of methoxy groups -OCH3 is 2. The molecule has 3 aromatic rings. The van der Waals surface area contributed by atoms with Gasteiger partial charge in [-0.3, -0.25) is 9.69 Å². The minimum Gasteiger partial charge on any atom is -0.496 e. The molecular formula is C29H38N4O3. The molecule has 1 amide bonds. The fraction of sp³-hybridized carbons (Fsp3) is 0.414. The van der Waals surface area contributed by atoms with E-state index in [-0.39, 0.29) is 5.91 Å². The summed E-state index contributed by atoms with van der Waals surface area (Å²) in [6.45, 7) is 14.3. The van der Waals surface area contributed by atoms with Gasteiger partial charge in [-0.1, -0.05) is 24.3 Å². The summed E-state index contributed by atoms with van der Waals surface area (Å²) >= 11 is 0. The number of hydrogen-bond donors (Lipinski definition) is 1. The highest BCUT2D eigenvalue weighted by Crippen LogP contribution is 2.34. The number of allylic oxidation sites excluding steroid dienone is 1. The van der Waals surface area contributed by atoms with Crippen LogP contribution in [0.25, 0.3) is 10.9 Å². The van der Waals surface area contributed by atoms with Crippen LogP contribution in [0.3, 0.4) is 0 Å². The first-order chi connectivity index (χ1) is 17.5. The second-order valence-electron chi connectivity index (χ2n) is 9.32. The van der Waals surface area contributed by atoms with Crippen LogP contribution in [0.5, 0.6) is 5.75 Å². The molecule has 192 valence electrons. The molecule has 2 heterocycles. The Morgan fingerprint density at radius 1 is 1.11 bits per heavy atom. The molecule has 0 saturated carbocycles. The normalized spacial score (nSPS) is 14.3. The zero-order valence-corrected chi connectivity index (χ0v) is 22.0. The standard InChI is InChI=1S/C29H38N4O3/c1-6-11-33-22(3)21(2)25-18-24(29(34)32-14-12-31(13-15-32)16-17-35-4)19-26(28(25)33)30-20-23-9-7-8-10-27(23)36-5/h6-10,18-19,30H,1,11-17,20H2,2-5H3. The molecule has 2 aromatic carbocycles. The maximum atomic E-state index is 13.6. The van der Waals surface area contributed by atoms with E-state index in [0.717, 1.165) is 60.6 Å². The number of para-hydroxylation sites is 1. The number of ether oxygens (including phenoxy) is 2. The quantitative estimate of drug-likeness (QED) is 0.425. The lowest BCUT2D eigenvalue weighted by Gasteiger charge is -2.34. The van der Waals surface area contributed by atoms with Gasteiger partial charge in [-0.15, -0.1) is 6.58 Å². The molecule has 7 heteroatoms. The highest BCUT2D eigenvalue weighted by Gasteiger charge is 2.24. The van der Waals surface area contributed by atoms with Crippen molar-refractivity contribution in [3.05, 3.63) is 71.4 Å². The van der Waals surface area contributed by atoms with Crippen LogP contribution in [0.2, 0.25) is 0 Å². The Bertz CT molecular complexity index is 1220. The van der Waals surface area contributed by atoms with Crippen molar-refractivity contribution in [2.75, 3.05) is 58.9 Å². The third-order valence-corrected chi connectivity index (χ3v) is 7.22. The Kier molecular flexibility index (Phi) is 8.33. The summed E-state index contributed by atoms with van der Waals surface area (Å²) in [4.78, 5) is 17.9. The zero-order valence-electron chi connectivity index (χ0n) is 22.0. The minimum atomic E-state index is 0.0807. The largest absolute Gasteiger partial charge is 0.496 e. The number of fused-ring (bicyclic) bond motifs is 1. The number of nitrogens with one attached hydrogen (secondary N) is 1. The van der Waals surface area contributed by atoms with Crippen LogP contribution < -0.4 is 10.1 Å². The van der Waals surface area contributed by atoms with Crippen molar-refractivity contribution in [2.45, 2.75) is 26.9 Å². The molecule has 1 aliphatic rings. The highest BCUT2D eigenvalue weighted by atomic mass is 16.5. The van der Waals surface area contributed by atoms with Crippen molar-refractivity contribution in [3.63, 3.8) is 0 Å². The van der Waals surface area contributed by atoms with Crippen LogP contribution in [0, 0.1) is 13.8 Å². The third-order valence-electron chi connectivity index (χ3n) is 7.22. The molecule has 0 bridgehead atoms. The number of amides is 1. The van der Waals surface area contributed by atoms with E-state index in [1.54, 1.807) is 14.2 Å². The van der Waals surface area contributed by atoms with Gasteiger partial charge in [0.1, 0.15) is 5.75 Å². The van der Waals surface area contributed by atoms with Gasteiger partial charge in [0.05, 0.1) is 24.9 Å². The first kappa shape index (κ1) is 25.8. The van der Waals surface area contributed by atoms with Crippen LogP contribution in [-0.4, -0.2) is 73.8 Å². The summed E-state index contributed by atoms with van der Waals surface area (Å²) in [6, 6.07) is 12.1. The number of carbonyl (C=O) groups excluding carboxylic acids is 1. The van der Waals surface area contributed by atoms with E-state index in [1.807, 2.05) is 35.2 Å².